The smallest absolute Gasteiger partial charge is 0.0931 e. The van der Waals surface area contributed by atoms with Crippen LogP contribution in [0.2, 0.25) is 5.02 Å². The molecule has 0 unspecified atom stereocenters. The first-order chi connectivity index (χ1) is 10.1. The first-order valence-corrected chi connectivity index (χ1v) is 7.68. The summed E-state index contributed by atoms with van der Waals surface area (Å²) in [6, 6.07) is 7.85. The maximum atomic E-state index is 10.5. The van der Waals surface area contributed by atoms with Gasteiger partial charge in [-0.1, -0.05) is 29.8 Å². The van der Waals surface area contributed by atoms with E-state index in [0.717, 1.165) is 24.9 Å². The Kier molecular flexibility index (Phi) is 4.29. The predicted molar refractivity (Wildman–Crippen MR) is 83.2 cm³/mol. The zero-order valence-corrected chi connectivity index (χ0v) is 12.9. The number of nitrogens with zero attached hydrogens (tertiary/aromatic N) is 3. The normalized spacial score (nSPS) is 20.8. The molecule has 2 aromatic rings. The standard InChI is InChI=1S/C16H20ClN3O/c1-19-10-12(9-18-19)15-7-4-8-20(15)11-16(21)13-5-2-3-6-14(13)17/h2-3,5-6,9-10,15-16,21H,4,7-8,11H2,1H3/t15-,16+/m1/s1. The molecule has 0 bridgehead atoms. The predicted octanol–water partition coefficient (Wildman–Crippen LogP) is 2.94. The third-order valence-electron chi connectivity index (χ3n) is 4.14. The van der Waals surface area contributed by atoms with Crippen molar-refractivity contribution in [2.75, 3.05) is 13.1 Å². The number of aromatic nitrogens is 2. The number of benzene rings is 1. The average molecular weight is 306 g/mol. The van der Waals surface area contributed by atoms with Crippen molar-refractivity contribution in [1.29, 1.82) is 0 Å². The molecule has 0 radical (unpaired) electrons. The molecule has 1 fully saturated rings. The van der Waals surface area contributed by atoms with Gasteiger partial charge in [0.15, 0.2) is 0 Å². The molecule has 4 nitrogen and oxygen atoms in total. The molecule has 0 saturated carbocycles. The van der Waals surface area contributed by atoms with E-state index in [-0.39, 0.29) is 0 Å². The Morgan fingerprint density at radius 3 is 2.95 bits per heavy atom. The Balaban J connectivity index is 1.73. The van der Waals surface area contributed by atoms with Crippen LogP contribution in [0.5, 0.6) is 0 Å². The summed E-state index contributed by atoms with van der Waals surface area (Å²) in [6.07, 6.45) is 5.68. The van der Waals surface area contributed by atoms with E-state index in [1.807, 2.05) is 42.2 Å². The third kappa shape index (κ3) is 3.12. The molecule has 0 spiro atoms. The lowest BCUT2D eigenvalue weighted by atomic mass is 10.1. The Labute approximate surface area is 130 Å². The lowest BCUT2D eigenvalue weighted by Gasteiger charge is -2.26. The Hall–Kier alpha value is -1.36. The lowest BCUT2D eigenvalue weighted by molar-refractivity contribution is 0.106. The highest BCUT2D eigenvalue weighted by Crippen LogP contribution is 2.34. The number of likely N-dealkylation sites (tertiary alicyclic amines) is 1. The molecule has 0 amide bonds. The molecule has 1 aromatic heterocycles. The number of rotatable bonds is 4. The minimum atomic E-state index is -0.559. The minimum Gasteiger partial charge on any atom is -0.387 e. The van der Waals surface area contributed by atoms with Gasteiger partial charge in [0.2, 0.25) is 0 Å². The van der Waals surface area contributed by atoms with Crippen LogP contribution in [0.1, 0.15) is 36.1 Å². The fourth-order valence-electron chi connectivity index (χ4n) is 3.10. The van der Waals surface area contributed by atoms with Gasteiger partial charge in [-0.15, -0.1) is 0 Å². The first kappa shape index (κ1) is 14.6. The molecule has 0 aliphatic carbocycles. The van der Waals surface area contributed by atoms with Gasteiger partial charge in [0, 0.05) is 42.0 Å². The highest BCUT2D eigenvalue weighted by atomic mass is 35.5. The quantitative estimate of drug-likeness (QED) is 0.944. The summed E-state index contributed by atoms with van der Waals surface area (Å²) < 4.78 is 1.83. The molecule has 1 aliphatic heterocycles. The number of β-amino-alcohol motifs (C(OH)–C–C–N with tert-alkyl or cyclic N) is 1. The molecule has 1 saturated heterocycles. The van der Waals surface area contributed by atoms with E-state index in [2.05, 4.69) is 16.2 Å². The van der Waals surface area contributed by atoms with E-state index in [1.165, 1.54) is 5.56 Å². The number of aliphatic hydroxyl groups is 1. The van der Waals surface area contributed by atoms with E-state index in [9.17, 15) is 5.11 Å². The van der Waals surface area contributed by atoms with Crippen molar-refractivity contribution >= 4 is 11.6 Å². The number of hydrogen-bond acceptors (Lipinski definition) is 3. The fraction of sp³-hybridized carbons (Fsp3) is 0.438. The van der Waals surface area contributed by atoms with Gasteiger partial charge >= 0.3 is 0 Å². The number of hydrogen-bond donors (Lipinski definition) is 1. The van der Waals surface area contributed by atoms with Crippen LogP contribution in [0, 0.1) is 0 Å². The molecular weight excluding hydrogens is 286 g/mol. The first-order valence-electron chi connectivity index (χ1n) is 7.30. The van der Waals surface area contributed by atoms with Crippen molar-refractivity contribution < 1.29 is 5.11 Å². The monoisotopic (exact) mass is 305 g/mol. The van der Waals surface area contributed by atoms with Crippen molar-refractivity contribution in [3.8, 4) is 0 Å². The zero-order chi connectivity index (χ0) is 14.8. The van der Waals surface area contributed by atoms with Gasteiger partial charge in [-0.05, 0) is 25.5 Å². The molecular formula is C16H20ClN3O. The number of aryl methyl sites for hydroxylation is 1. The second-order valence-corrected chi connectivity index (χ2v) is 6.04. The molecule has 21 heavy (non-hydrogen) atoms. The van der Waals surface area contributed by atoms with E-state index in [0.29, 0.717) is 17.6 Å². The highest BCUT2D eigenvalue weighted by Gasteiger charge is 2.29. The molecule has 2 heterocycles. The van der Waals surface area contributed by atoms with Gasteiger partial charge in [0.25, 0.3) is 0 Å². The van der Waals surface area contributed by atoms with Gasteiger partial charge in [-0.25, -0.2) is 0 Å². The van der Waals surface area contributed by atoms with Crippen molar-refractivity contribution in [3.63, 3.8) is 0 Å². The molecule has 5 heteroatoms. The minimum absolute atomic E-state index is 0.343. The van der Waals surface area contributed by atoms with Gasteiger partial charge in [0.1, 0.15) is 0 Å². The second-order valence-electron chi connectivity index (χ2n) is 5.64. The lowest BCUT2D eigenvalue weighted by Crippen LogP contribution is -2.28. The van der Waals surface area contributed by atoms with Crippen LogP contribution < -0.4 is 0 Å². The summed E-state index contributed by atoms with van der Waals surface area (Å²) in [4.78, 5) is 2.32. The summed E-state index contributed by atoms with van der Waals surface area (Å²) in [5.74, 6) is 0. The highest BCUT2D eigenvalue weighted by molar-refractivity contribution is 6.31. The van der Waals surface area contributed by atoms with Gasteiger partial charge in [-0.3, -0.25) is 9.58 Å². The number of aliphatic hydroxyl groups excluding tert-OH is 1. The van der Waals surface area contributed by atoms with Gasteiger partial charge in [-0.2, -0.15) is 5.10 Å². The van der Waals surface area contributed by atoms with E-state index >= 15 is 0 Å². The fourth-order valence-corrected chi connectivity index (χ4v) is 3.36. The van der Waals surface area contributed by atoms with Crippen LogP contribution in [0.4, 0.5) is 0 Å². The summed E-state index contributed by atoms with van der Waals surface area (Å²) in [5, 5.41) is 15.4. The number of halogens is 1. The van der Waals surface area contributed by atoms with Crippen molar-refractivity contribution in [2.24, 2.45) is 7.05 Å². The molecule has 2 atom stereocenters. The topological polar surface area (TPSA) is 41.3 Å². The third-order valence-corrected chi connectivity index (χ3v) is 4.49. The SMILES string of the molecule is Cn1cc([C@H]2CCCN2C[C@H](O)c2ccccc2Cl)cn1. The van der Waals surface area contributed by atoms with Crippen molar-refractivity contribution in [3.05, 3.63) is 52.8 Å². The maximum Gasteiger partial charge on any atom is 0.0931 e. The largest absolute Gasteiger partial charge is 0.387 e. The van der Waals surface area contributed by atoms with Crippen LogP contribution in [0.25, 0.3) is 0 Å². The van der Waals surface area contributed by atoms with Crippen LogP contribution in [-0.2, 0) is 7.05 Å². The molecule has 1 aromatic carbocycles. The van der Waals surface area contributed by atoms with Crippen LogP contribution >= 0.6 is 11.6 Å². The van der Waals surface area contributed by atoms with E-state index < -0.39 is 6.10 Å². The van der Waals surface area contributed by atoms with E-state index in [4.69, 9.17) is 11.6 Å². The van der Waals surface area contributed by atoms with Crippen LogP contribution in [-0.4, -0.2) is 32.9 Å². The molecule has 3 rings (SSSR count). The van der Waals surface area contributed by atoms with E-state index in [1.54, 1.807) is 0 Å². The Bertz CT molecular complexity index is 613. The molecule has 1 N–H and O–H groups in total. The van der Waals surface area contributed by atoms with Gasteiger partial charge in [0.05, 0.1) is 12.3 Å². The summed E-state index contributed by atoms with van der Waals surface area (Å²) >= 11 is 6.17. The second kappa shape index (κ2) is 6.18. The molecule has 1 aliphatic rings. The van der Waals surface area contributed by atoms with Crippen molar-refractivity contribution in [1.82, 2.24) is 14.7 Å². The van der Waals surface area contributed by atoms with Gasteiger partial charge < -0.3 is 5.11 Å². The Morgan fingerprint density at radius 2 is 2.24 bits per heavy atom. The zero-order valence-electron chi connectivity index (χ0n) is 12.1. The summed E-state index contributed by atoms with van der Waals surface area (Å²) in [6.45, 7) is 1.60. The maximum absolute atomic E-state index is 10.5. The summed E-state index contributed by atoms with van der Waals surface area (Å²) in [5.41, 5.74) is 2.03. The molecule has 112 valence electrons. The average Bonchev–Trinajstić information content (AvgIpc) is 3.08. The van der Waals surface area contributed by atoms with Crippen LogP contribution in [0.3, 0.4) is 0 Å². The van der Waals surface area contributed by atoms with Crippen LogP contribution in [0.15, 0.2) is 36.7 Å². The Morgan fingerprint density at radius 1 is 1.43 bits per heavy atom. The summed E-state index contributed by atoms with van der Waals surface area (Å²) in [7, 11) is 1.93. The van der Waals surface area contributed by atoms with Crippen molar-refractivity contribution in [2.45, 2.75) is 25.0 Å².